The Bertz CT molecular complexity index is 1320. The number of fused-ring (bicyclic) bond motifs is 1. The molecule has 1 fully saturated rings. The van der Waals surface area contributed by atoms with Gasteiger partial charge in [0.2, 0.25) is 0 Å². The average molecular weight is 426 g/mol. The van der Waals surface area contributed by atoms with Crippen LogP contribution in [0.5, 0.6) is 0 Å². The van der Waals surface area contributed by atoms with Gasteiger partial charge in [-0.05, 0) is 47.0 Å². The number of amides is 1. The monoisotopic (exact) mass is 426 g/mol. The molecule has 0 radical (unpaired) electrons. The van der Waals surface area contributed by atoms with Crippen LogP contribution in [0.25, 0.3) is 33.2 Å². The predicted octanol–water partition coefficient (Wildman–Crippen LogP) is 3.59. The lowest BCUT2D eigenvalue weighted by Crippen LogP contribution is -2.40. The van der Waals surface area contributed by atoms with Gasteiger partial charge in [0.25, 0.3) is 5.91 Å². The summed E-state index contributed by atoms with van der Waals surface area (Å²) in [6.45, 7) is 2.27. The molecule has 4 aromatic rings. The van der Waals surface area contributed by atoms with E-state index in [1.165, 1.54) is 0 Å². The molecule has 0 atom stereocenters. The zero-order chi connectivity index (χ0) is 22.1. The minimum atomic E-state index is -0.0234. The molecular formula is C25H22N4O3. The zero-order valence-corrected chi connectivity index (χ0v) is 17.7. The molecule has 32 heavy (non-hydrogen) atoms. The van der Waals surface area contributed by atoms with Crippen molar-refractivity contribution in [3.05, 3.63) is 72.2 Å². The van der Waals surface area contributed by atoms with Crippen LogP contribution in [0.1, 0.15) is 20.8 Å². The van der Waals surface area contributed by atoms with Crippen molar-refractivity contribution < 1.29 is 14.3 Å². The fourth-order valence-electron chi connectivity index (χ4n) is 4.06. The Morgan fingerprint density at radius 3 is 2.59 bits per heavy atom. The van der Waals surface area contributed by atoms with Gasteiger partial charge >= 0.3 is 0 Å². The molecule has 0 N–H and O–H groups in total. The van der Waals surface area contributed by atoms with Gasteiger partial charge in [-0.2, -0.15) is 5.10 Å². The molecule has 1 aliphatic heterocycles. The second-order valence-corrected chi connectivity index (χ2v) is 7.83. The van der Waals surface area contributed by atoms with Gasteiger partial charge in [0.1, 0.15) is 5.69 Å². The molecule has 0 saturated carbocycles. The summed E-state index contributed by atoms with van der Waals surface area (Å²) in [7, 11) is 1.88. The number of hydrogen-bond donors (Lipinski definition) is 0. The van der Waals surface area contributed by atoms with Crippen LogP contribution in [-0.2, 0) is 11.8 Å². The number of hydrogen-bond acceptors (Lipinski definition) is 5. The number of ether oxygens (including phenoxy) is 1. The lowest BCUT2D eigenvalue weighted by atomic mass is 9.96. The van der Waals surface area contributed by atoms with Gasteiger partial charge in [-0.15, -0.1) is 0 Å². The number of nitrogens with zero attached hydrogens (tertiary/aromatic N) is 4. The van der Waals surface area contributed by atoms with Crippen molar-refractivity contribution in [2.45, 2.75) is 0 Å². The normalized spacial score (nSPS) is 14.0. The van der Waals surface area contributed by atoms with Crippen LogP contribution in [0.3, 0.4) is 0 Å². The van der Waals surface area contributed by atoms with Crippen molar-refractivity contribution in [3.8, 4) is 22.3 Å². The van der Waals surface area contributed by atoms with Gasteiger partial charge in [0.05, 0.1) is 24.9 Å². The molecule has 1 saturated heterocycles. The Kier molecular flexibility index (Phi) is 5.25. The van der Waals surface area contributed by atoms with E-state index in [0.717, 1.165) is 33.9 Å². The molecule has 0 aliphatic carbocycles. The number of carbonyl (C=O) groups excluding carboxylic acids is 2. The Hall–Kier alpha value is -3.84. The Labute approximate surface area is 185 Å². The number of carbonyl (C=O) groups is 2. The van der Waals surface area contributed by atoms with Crippen LogP contribution in [0.2, 0.25) is 0 Å². The maximum atomic E-state index is 13.0. The number of rotatable bonds is 4. The van der Waals surface area contributed by atoms with E-state index < -0.39 is 0 Å². The molecule has 1 amide bonds. The number of aldehydes is 1. The van der Waals surface area contributed by atoms with Crippen molar-refractivity contribution in [1.82, 2.24) is 19.7 Å². The fourth-order valence-corrected chi connectivity index (χ4v) is 4.06. The fraction of sp³-hybridized carbons (Fsp3) is 0.200. The van der Waals surface area contributed by atoms with E-state index in [-0.39, 0.29) is 5.91 Å². The zero-order valence-electron chi connectivity index (χ0n) is 17.7. The third kappa shape index (κ3) is 3.78. The summed E-state index contributed by atoms with van der Waals surface area (Å²) in [5.41, 5.74) is 5.46. The molecular weight excluding hydrogens is 404 g/mol. The first kappa shape index (κ1) is 20.1. The number of benzene rings is 2. The summed E-state index contributed by atoms with van der Waals surface area (Å²) in [5, 5.41) is 5.09. The number of pyridine rings is 1. The van der Waals surface area contributed by atoms with Gasteiger partial charge < -0.3 is 9.64 Å². The lowest BCUT2D eigenvalue weighted by Gasteiger charge is -2.27. The van der Waals surface area contributed by atoms with Crippen LogP contribution < -0.4 is 0 Å². The molecule has 0 bridgehead atoms. The summed E-state index contributed by atoms with van der Waals surface area (Å²) in [5.74, 6) is -0.0234. The van der Waals surface area contributed by atoms with Crippen LogP contribution in [-0.4, -0.2) is 58.2 Å². The molecule has 2 aromatic carbocycles. The van der Waals surface area contributed by atoms with Crippen LogP contribution in [0.15, 0.2) is 60.9 Å². The van der Waals surface area contributed by atoms with Gasteiger partial charge in [-0.25, -0.2) is 4.98 Å². The quantitative estimate of drug-likeness (QED) is 0.466. The Morgan fingerprint density at radius 1 is 1.03 bits per heavy atom. The minimum absolute atomic E-state index is 0.0234. The summed E-state index contributed by atoms with van der Waals surface area (Å²) < 4.78 is 7.13. The molecule has 1 aliphatic rings. The van der Waals surface area contributed by atoms with E-state index in [0.29, 0.717) is 43.1 Å². The Morgan fingerprint density at radius 2 is 1.84 bits per heavy atom. The predicted molar refractivity (Wildman–Crippen MR) is 121 cm³/mol. The standard InChI is InChI=1S/C25H22N4O3/c1-28-15-20(14-26-28)17-3-2-4-18(11-17)22-13-21(16-30)27-24-6-5-19(12-23(22)24)25(31)29-7-9-32-10-8-29/h2-6,11-16H,7-10H2,1H3. The molecule has 3 heterocycles. The van der Waals surface area contributed by atoms with Crippen molar-refractivity contribution in [1.29, 1.82) is 0 Å². The third-order valence-corrected chi connectivity index (χ3v) is 5.71. The summed E-state index contributed by atoms with van der Waals surface area (Å²) in [6, 6.07) is 15.3. The SMILES string of the molecule is Cn1cc(-c2cccc(-c3cc(C=O)nc4ccc(C(=O)N5CCOCC5)cc34)c2)cn1. The lowest BCUT2D eigenvalue weighted by molar-refractivity contribution is 0.0303. The van der Waals surface area contributed by atoms with Crippen molar-refractivity contribution >= 4 is 23.1 Å². The number of aryl methyl sites for hydroxylation is 1. The van der Waals surface area contributed by atoms with Crippen molar-refractivity contribution in [2.75, 3.05) is 26.3 Å². The largest absolute Gasteiger partial charge is 0.378 e. The van der Waals surface area contributed by atoms with E-state index in [9.17, 15) is 9.59 Å². The van der Waals surface area contributed by atoms with Gasteiger partial charge in [-0.3, -0.25) is 14.3 Å². The van der Waals surface area contributed by atoms with E-state index >= 15 is 0 Å². The number of morpholine rings is 1. The first-order chi connectivity index (χ1) is 15.6. The highest BCUT2D eigenvalue weighted by Gasteiger charge is 2.20. The summed E-state index contributed by atoms with van der Waals surface area (Å²) >= 11 is 0. The van der Waals surface area contributed by atoms with Crippen molar-refractivity contribution in [2.24, 2.45) is 7.05 Å². The third-order valence-electron chi connectivity index (χ3n) is 5.71. The average Bonchev–Trinajstić information content (AvgIpc) is 3.29. The van der Waals surface area contributed by atoms with Crippen LogP contribution in [0.4, 0.5) is 0 Å². The molecule has 0 spiro atoms. The molecule has 160 valence electrons. The van der Waals surface area contributed by atoms with Gasteiger partial charge in [-0.1, -0.05) is 18.2 Å². The van der Waals surface area contributed by atoms with Crippen LogP contribution in [0, 0.1) is 0 Å². The first-order valence-electron chi connectivity index (χ1n) is 10.5. The Balaban J connectivity index is 1.63. The van der Waals surface area contributed by atoms with E-state index in [1.807, 2.05) is 49.8 Å². The van der Waals surface area contributed by atoms with E-state index in [4.69, 9.17) is 4.74 Å². The summed E-state index contributed by atoms with van der Waals surface area (Å²) in [6.07, 6.45) is 4.53. The van der Waals surface area contributed by atoms with E-state index in [2.05, 4.69) is 16.1 Å². The van der Waals surface area contributed by atoms with Crippen LogP contribution >= 0.6 is 0 Å². The molecule has 5 rings (SSSR count). The summed E-state index contributed by atoms with van der Waals surface area (Å²) in [4.78, 5) is 30.9. The smallest absolute Gasteiger partial charge is 0.254 e. The highest BCUT2D eigenvalue weighted by Crippen LogP contribution is 2.32. The number of aromatic nitrogens is 3. The molecule has 7 nitrogen and oxygen atoms in total. The molecule has 7 heteroatoms. The molecule has 2 aromatic heterocycles. The van der Waals surface area contributed by atoms with E-state index in [1.54, 1.807) is 21.7 Å². The molecule has 0 unspecified atom stereocenters. The second-order valence-electron chi connectivity index (χ2n) is 7.83. The second kappa shape index (κ2) is 8.36. The first-order valence-corrected chi connectivity index (χ1v) is 10.5. The highest BCUT2D eigenvalue weighted by molar-refractivity contribution is 6.03. The highest BCUT2D eigenvalue weighted by atomic mass is 16.5. The topological polar surface area (TPSA) is 77.3 Å². The maximum absolute atomic E-state index is 13.0. The van der Waals surface area contributed by atoms with Gasteiger partial charge in [0, 0.05) is 42.8 Å². The van der Waals surface area contributed by atoms with Gasteiger partial charge in [0.15, 0.2) is 6.29 Å². The minimum Gasteiger partial charge on any atom is -0.378 e. The van der Waals surface area contributed by atoms with Crippen molar-refractivity contribution in [3.63, 3.8) is 0 Å². The maximum Gasteiger partial charge on any atom is 0.254 e.